The normalized spacial score (nSPS) is 11.7. The number of carbonyl (C=O) groups is 3. The highest BCUT2D eigenvalue weighted by Gasteiger charge is 2.39. The number of hydrogen-bond acceptors (Lipinski definition) is 6. The first-order valence-electron chi connectivity index (χ1n) is 11.2. The van der Waals surface area contributed by atoms with Gasteiger partial charge < -0.3 is 14.6 Å². The van der Waals surface area contributed by atoms with Gasteiger partial charge >= 0.3 is 18.2 Å². The summed E-state index contributed by atoms with van der Waals surface area (Å²) in [7, 11) is 0. The summed E-state index contributed by atoms with van der Waals surface area (Å²) in [6.45, 7) is 20.9. The molecule has 194 valence electrons. The van der Waals surface area contributed by atoms with E-state index in [0.29, 0.717) is 4.90 Å². The molecule has 0 saturated heterocycles. The Hall–Kier alpha value is -3.94. The van der Waals surface area contributed by atoms with Gasteiger partial charge in [0.2, 0.25) is 0 Å². The quantitative estimate of drug-likeness (QED) is 0.489. The van der Waals surface area contributed by atoms with Crippen molar-refractivity contribution in [1.82, 2.24) is 9.78 Å². The van der Waals surface area contributed by atoms with E-state index in [0.717, 1.165) is 6.07 Å². The molecule has 0 radical (unpaired) electrons. The molecule has 2 aromatic rings. The van der Waals surface area contributed by atoms with Gasteiger partial charge in [0.15, 0.2) is 5.82 Å². The van der Waals surface area contributed by atoms with E-state index in [4.69, 9.17) is 21.2 Å². The van der Waals surface area contributed by atoms with Crippen LogP contribution in [0.2, 0.25) is 0 Å². The van der Waals surface area contributed by atoms with Crippen molar-refractivity contribution in [2.45, 2.75) is 79.1 Å². The Morgan fingerprint density at radius 1 is 1.11 bits per heavy atom. The molecule has 0 saturated carbocycles. The van der Waals surface area contributed by atoms with Gasteiger partial charge in [0.25, 0.3) is 5.69 Å². The Bertz CT molecular complexity index is 1190. The summed E-state index contributed by atoms with van der Waals surface area (Å²) >= 11 is 0. The smallest absolute Gasteiger partial charge is 0.424 e. The third-order valence-electron chi connectivity index (χ3n) is 4.47. The van der Waals surface area contributed by atoms with Crippen LogP contribution in [0.25, 0.3) is 16.1 Å². The van der Waals surface area contributed by atoms with Crippen LogP contribution in [-0.2, 0) is 20.7 Å². The van der Waals surface area contributed by atoms with Crippen molar-refractivity contribution in [1.29, 1.82) is 0 Å². The Morgan fingerprint density at radius 3 is 2.03 bits per heavy atom. The number of imide groups is 1. The van der Waals surface area contributed by atoms with Gasteiger partial charge in [-0.25, -0.2) is 18.8 Å². The largest absolute Gasteiger partial charge is 0.481 e. The number of halogens is 1. The highest BCUT2D eigenvalue weighted by Crippen LogP contribution is 2.42. The molecule has 0 aliphatic carbocycles. The topological polar surface area (TPSA) is 115 Å². The molecular weight excluding hydrogens is 471 g/mol. The second kappa shape index (κ2) is 10.4. The lowest BCUT2D eigenvalue weighted by Crippen LogP contribution is -2.44. The highest BCUT2D eigenvalue weighted by molar-refractivity contribution is 6.12. The molecule has 1 aromatic heterocycles. The average Bonchev–Trinajstić information content (AvgIpc) is 3.04. The van der Waals surface area contributed by atoms with Crippen LogP contribution in [0.4, 0.5) is 25.5 Å². The maximum atomic E-state index is 15.1. The van der Waals surface area contributed by atoms with Crippen molar-refractivity contribution in [2.24, 2.45) is 0 Å². The second-order valence-corrected chi connectivity index (χ2v) is 10.4. The van der Waals surface area contributed by atoms with E-state index < -0.39 is 41.2 Å². The number of rotatable bonds is 5. The van der Waals surface area contributed by atoms with Crippen molar-refractivity contribution in [2.75, 3.05) is 4.90 Å². The Balaban J connectivity index is 2.80. The monoisotopic (exact) mass is 502 g/mol. The van der Waals surface area contributed by atoms with Gasteiger partial charge in [-0.05, 0) is 67.0 Å². The number of anilines is 1. The number of carboxylic acids is 1. The maximum absolute atomic E-state index is 15.1. The standard InChI is InChI=1S/C25H31FN4O6/c1-14(2)30-21(29(22(33)35-24(3,4)5)23(34)36-25(6,7)8)20(27-9)19(28-30)16-11-10-15(12-17(16)26)13-18(31)32/h10-12,14H,13H2,1-8H3,(H,31,32). The fraction of sp³-hybridized carbons (Fsp3) is 0.480. The van der Waals surface area contributed by atoms with E-state index in [-0.39, 0.29) is 34.7 Å². The summed E-state index contributed by atoms with van der Waals surface area (Å²) in [4.78, 5) is 41.5. The van der Waals surface area contributed by atoms with E-state index in [9.17, 15) is 14.4 Å². The Kier molecular flexibility index (Phi) is 8.14. The lowest BCUT2D eigenvalue weighted by atomic mass is 10.1. The zero-order valence-corrected chi connectivity index (χ0v) is 21.7. The number of hydrogen-bond donors (Lipinski definition) is 1. The van der Waals surface area contributed by atoms with Gasteiger partial charge in [-0.2, -0.15) is 10.00 Å². The molecule has 2 rings (SSSR count). The fourth-order valence-corrected chi connectivity index (χ4v) is 3.17. The van der Waals surface area contributed by atoms with Gasteiger partial charge in [0.1, 0.15) is 22.7 Å². The second-order valence-electron chi connectivity index (χ2n) is 10.4. The summed E-state index contributed by atoms with van der Waals surface area (Å²) in [6.07, 6.45) is -2.57. The van der Waals surface area contributed by atoms with Crippen molar-refractivity contribution >= 4 is 29.7 Å². The number of amides is 2. The number of ether oxygens (including phenoxy) is 2. The summed E-state index contributed by atoms with van der Waals surface area (Å²) in [5.41, 5.74) is -2.22. The average molecular weight is 503 g/mol. The number of nitrogens with zero attached hydrogens (tertiary/aromatic N) is 4. The van der Waals surface area contributed by atoms with Crippen LogP contribution < -0.4 is 4.90 Å². The molecule has 0 unspecified atom stereocenters. The number of benzene rings is 1. The first-order chi connectivity index (χ1) is 16.4. The molecule has 0 fully saturated rings. The van der Waals surface area contributed by atoms with Crippen LogP contribution >= 0.6 is 0 Å². The van der Waals surface area contributed by atoms with E-state index in [2.05, 4.69) is 9.94 Å². The summed E-state index contributed by atoms with van der Waals surface area (Å²) in [6, 6.07) is 3.30. The van der Waals surface area contributed by atoms with Crippen LogP contribution in [0.3, 0.4) is 0 Å². The number of aliphatic carboxylic acids is 1. The Labute approximate surface area is 209 Å². The number of aromatic nitrogens is 2. The first kappa shape index (κ1) is 28.3. The summed E-state index contributed by atoms with van der Waals surface area (Å²) in [5.74, 6) is -2.16. The van der Waals surface area contributed by atoms with Crippen LogP contribution in [0, 0.1) is 12.4 Å². The summed E-state index contributed by atoms with van der Waals surface area (Å²) in [5, 5.41) is 13.4. The third kappa shape index (κ3) is 6.81. The van der Waals surface area contributed by atoms with Crippen LogP contribution in [0.15, 0.2) is 18.2 Å². The zero-order chi connectivity index (χ0) is 27.6. The fourth-order valence-electron chi connectivity index (χ4n) is 3.17. The van der Waals surface area contributed by atoms with Gasteiger partial charge in [0, 0.05) is 11.6 Å². The van der Waals surface area contributed by atoms with E-state index in [1.165, 1.54) is 16.8 Å². The summed E-state index contributed by atoms with van der Waals surface area (Å²) < 4.78 is 27.2. The zero-order valence-electron chi connectivity index (χ0n) is 21.7. The maximum Gasteiger partial charge on any atom is 0.424 e. The Morgan fingerprint density at radius 2 is 1.64 bits per heavy atom. The number of carboxylic acid groups (broad SMARTS) is 1. The molecule has 36 heavy (non-hydrogen) atoms. The van der Waals surface area contributed by atoms with Gasteiger partial charge in [0.05, 0.1) is 13.0 Å². The van der Waals surface area contributed by atoms with Gasteiger partial charge in [-0.15, -0.1) is 0 Å². The van der Waals surface area contributed by atoms with Crippen LogP contribution in [-0.4, -0.2) is 44.2 Å². The van der Waals surface area contributed by atoms with Crippen molar-refractivity contribution in [3.8, 4) is 11.3 Å². The third-order valence-corrected chi connectivity index (χ3v) is 4.47. The lowest BCUT2D eigenvalue weighted by molar-refractivity contribution is -0.136. The van der Waals surface area contributed by atoms with E-state index in [1.807, 2.05) is 0 Å². The minimum atomic E-state index is -1.12. The lowest BCUT2D eigenvalue weighted by Gasteiger charge is -2.29. The molecular formula is C25H31FN4O6. The molecule has 0 aliphatic heterocycles. The van der Waals surface area contributed by atoms with Gasteiger partial charge in [-0.1, -0.05) is 12.1 Å². The van der Waals surface area contributed by atoms with E-state index >= 15 is 4.39 Å². The van der Waals surface area contributed by atoms with Crippen LogP contribution in [0.5, 0.6) is 0 Å². The molecule has 1 aromatic carbocycles. The molecule has 0 bridgehead atoms. The molecule has 0 spiro atoms. The predicted molar refractivity (Wildman–Crippen MR) is 131 cm³/mol. The minimum Gasteiger partial charge on any atom is -0.481 e. The molecule has 0 atom stereocenters. The van der Waals surface area contributed by atoms with Crippen molar-refractivity contribution < 1.29 is 33.4 Å². The molecule has 1 heterocycles. The molecule has 0 aliphatic rings. The first-order valence-corrected chi connectivity index (χ1v) is 11.2. The van der Waals surface area contributed by atoms with Crippen molar-refractivity contribution in [3.63, 3.8) is 0 Å². The predicted octanol–water partition coefficient (Wildman–Crippen LogP) is 6.12. The molecule has 10 nitrogen and oxygen atoms in total. The van der Waals surface area contributed by atoms with Crippen LogP contribution in [0.1, 0.15) is 67.0 Å². The van der Waals surface area contributed by atoms with Gasteiger partial charge in [-0.3, -0.25) is 9.48 Å². The number of carbonyl (C=O) groups excluding carboxylic acids is 2. The molecule has 2 amide bonds. The highest BCUT2D eigenvalue weighted by atomic mass is 19.1. The SMILES string of the molecule is [C-]#[N+]c1c(-c2ccc(CC(=O)O)cc2F)nn(C(C)C)c1N(C(=O)OC(C)(C)C)C(=O)OC(C)(C)C. The minimum absolute atomic E-state index is 0.0934. The molecule has 11 heteroatoms. The van der Waals surface area contributed by atoms with E-state index in [1.54, 1.807) is 55.4 Å². The molecule has 1 N–H and O–H groups in total. The van der Waals surface area contributed by atoms with Crippen molar-refractivity contribution in [3.05, 3.63) is 41.0 Å².